The molecule has 0 saturated heterocycles. The van der Waals surface area contributed by atoms with Crippen LogP contribution in [0.25, 0.3) is 6.08 Å². The number of allylic oxidation sites excluding steroid dienone is 1. The van der Waals surface area contributed by atoms with Crippen molar-refractivity contribution in [3.8, 4) is 5.75 Å². The van der Waals surface area contributed by atoms with Gasteiger partial charge in [-0.2, -0.15) is 0 Å². The van der Waals surface area contributed by atoms with Crippen LogP contribution in [0.4, 0.5) is 10.1 Å². The minimum absolute atomic E-state index is 0.197. The number of benzodiazepines with no additional fused rings is 1. The Kier molecular flexibility index (Phi) is 5.94. The average Bonchev–Trinajstić information content (AvgIpc) is 2.92. The zero-order valence-corrected chi connectivity index (χ0v) is 17.3. The number of ether oxygens (including phenoxy) is 1. The fraction of sp³-hybridized carbons (Fsp3) is 0.192. The number of likely N-dealkylation sites (N-methyl/N-ethyl adjacent to an activating group) is 1. The van der Waals surface area contributed by atoms with Gasteiger partial charge in [-0.3, -0.25) is 4.99 Å². The monoisotopic (exact) mass is 400 g/mol. The van der Waals surface area contributed by atoms with E-state index in [0.29, 0.717) is 12.2 Å². The molecular weight excluding hydrogens is 375 g/mol. The van der Waals surface area contributed by atoms with Crippen molar-refractivity contribution in [2.24, 2.45) is 4.99 Å². The molecule has 0 bridgehead atoms. The maximum absolute atomic E-state index is 13.5. The van der Waals surface area contributed by atoms with Crippen LogP contribution in [-0.2, 0) is 6.61 Å². The summed E-state index contributed by atoms with van der Waals surface area (Å²) in [4.78, 5) is 7.02. The lowest BCUT2D eigenvalue weighted by Crippen LogP contribution is -2.20. The molecule has 3 nitrogen and oxygen atoms in total. The molecule has 0 N–H and O–H groups in total. The highest BCUT2D eigenvalue weighted by Crippen LogP contribution is 2.25. The van der Waals surface area contributed by atoms with Gasteiger partial charge in [-0.25, -0.2) is 4.39 Å². The molecule has 1 aliphatic heterocycles. The van der Waals surface area contributed by atoms with Crippen LogP contribution in [0.5, 0.6) is 5.75 Å². The molecule has 0 unspecified atom stereocenters. The molecule has 0 fully saturated rings. The van der Waals surface area contributed by atoms with Crippen molar-refractivity contribution in [2.45, 2.75) is 13.5 Å². The second-order valence-electron chi connectivity index (χ2n) is 7.45. The van der Waals surface area contributed by atoms with Gasteiger partial charge in [0.15, 0.2) is 0 Å². The number of aliphatic imine (C=N–C) groups is 1. The maximum atomic E-state index is 13.5. The van der Waals surface area contributed by atoms with Gasteiger partial charge in [0.25, 0.3) is 0 Å². The molecule has 0 aromatic heterocycles. The third kappa shape index (κ3) is 4.43. The number of rotatable bonds is 5. The van der Waals surface area contributed by atoms with E-state index < -0.39 is 0 Å². The summed E-state index contributed by atoms with van der Waals surface area (Å²) in [7, 11) is 2.10. The van der Waals surface area contributed by atoms with E-state index in [1.54, 1.807) is 13.0 Å². The molecule has 30 heavy (non-hydrogen) atoms. The highest BCUT2D eigenvalue weighted by molar-refractivity contribution is 6.14. The largest absolute Gasteiger partial charge is 0.488 e. The Balaban J connectivity index is 1.55. The van der Waals surface area contributed by atoms with Crippen molar-refractivity contribution in [3.05, 3.63) is 101 Å². The van der Waals surface area contributed by atoms with E-state index in [9.17, 15) is 4.39 Å². The van der Waals surface area contributed by atoms with Crippen LogP contribution in [0, 0.1) is 12.7 Å². The van der Waals surface area contributed by atoms with Crippen LogP contribution < -0.4 is 9.64 Å². The average molecular weight is 400 g/mol. The lowest BCUT2D eigenvalue weighted by atomic mass is 10.1. The zero-order valence-electron chi connectivity index (χ0n) is 17.3. The van der Waals surface area contributed by atoms with Gasteiger partial charge in [-0.15, -0.1) is 0 Å². The van der Waals surface area contributed by atoms with Crippen molar-refractivity contribution in [1.82, 2.24) is 0 Å². The molecule has 1 heterocycles. The first-order chi connectivity index (χ1) is 14.6. The predicted octanol–water partition coefficient (Wildman–Crippen LogP) is 5.67. The van der Waals surface area contributed by atoms with E-state index in [4.69, 9.17) is 9.73 Å². The maximum Gasteiger partial charge on any atom is 0.127 e. The lowest BCUT2D eigenvalue weighted by Gasteiger charge is -2.18. The topological polar surface area (TPSA) is 24.8 Å². The van der Waals surface area contributed by atoms with Crippen molar-refractivity contribution < 1.29 is 9.13 Å². The van der Waals surface area contributed by atoms with Gasteiger partial charge < -0.3 is 9.64 Å². The van der Waals surface area contributed by atoms with E-state index in [1.807, 2.05) is 42.5 Å². The first-order valence-electron chi connectivity index (χ1n) is 10.1. The van der Waals surface area contributed by atoms with Gasteiger partial charge in [0, 0.05) is 30.4 Å². The summed E-state index contributed by atoms with van der Waals surface area (Å²) in [6.45, 7) is 3.80. The Morgan fingerprint density at radius 2 is 1.83 bits per heavy atom. The summed E-state index contributed by atoms with van der Waals surface area (Å²) in [6.07, 6.45) is 4.11. The number of para-hydroxylation sites is 2. The first kappa shape index (κ1) is 19.9. The Morgan fingerprint density at radius 3 is 2.70 bits per heavy atom. The van der Waals surface area contributed by atoms with E-state index in [0.717, 1.165) is 41.2 Å². The summed E-state index contributed by atoms with van der Waals surface area (Å²) < 4.78 is 19.5. The van der Waals surface area contributed by atoms with Gasteiger partial charge in [0.05, 0.1) is 12.3 Å². The first-order valence-corrected chi connectivity index (χ1v) is 10.1. The summed E-state index contributed by atoms with van der Waals surface area (Å²) in [6, 6.07) is 21.3. The van der Waals surface area contributed by atoms with Crippen LogP contribution in [-0.4, -0.2) is 25.8 Å². The smallest absolute Gasteiger partial charge is 0.127 e. The van der Waals surface area contributed by atoms with Crippen LogP contribution in [0.2, 0.25) is 0 Å². The number of anilines is 1. The molecule has 0 amide bonds. The quantitative estimate of drug-likeness (QED) is 0.552. The summed E-state index contributed by atoms with van der Waals surface area (Å²) in [5, 5.41) is 0. The highest BCUT2D eigenvalue weighted by atomic mass is 19.1. The van der Waals surface area contributed by atoms with Gasteiger partial charge in [0.1, 0.15) is 18.2 Å². The molecule has 4 heteroatoms. The van der Waals surface area contributed by atoms with Gasteiger partial charge in [-0.05, 0) is 54.5 Å². The number of hydrogen-bond acceptors (Lipinski definition) is 3. The normalized spacial score (nSPS) is 13.7. The Morgan fingerprint density at radius 1 is 1.03 bits per heavy atom. The van der Waals surface area contributed by atoms with Crippen molar-refractivity contribution in [2.75, 3.05) is 25.0 Å². The van der Waals surface area contributed by atoms with Crippen molar-refractivity contribution in [3.63, 3.8) is 0 Å². The molecular formula is C26H25FN2O. The molecule has 0 spiro atoms. The van der Waals surface area contributed by atoms with E-state index >= 15 is 0 Å². The molecule has 3 aromatic carbocycles. The number of nitrogens with zero attached hydrogens (tertiary/aromatic N) is 2. The minimum atomic E-state index is -0.197. The van der Waals surface area contributed by atoms with Crippen molar-refractivity contribution >= 4 is 17.5 Å². The van der Waals surface area contributed by atoms with Crippen LogP contribution >= 0.6 is 0 Å². The number of benzene rings is 3. The minimum Gasteiger partial charge on any atom is -0.488 e. The number of hydrogen-bond donors (Lipinski definition) is 0. The van der Waals surface area contributed by atoms with Gasteiger partial charge in [-0.1, -0.05) is 42.5 Å². The van der Waals surface area contributed by atoms with Gasteiger partial charge in [0.2, 0.25) is 0 Å². The Bertz CT molecular complexity index is 1100. The second-order valence-corrected chi connectivity index (χ2v) is 7.45. The SMILES string of the molecule is Cc1cc(COc2ccccc2/C=C/C2=NCCN(C)c3ccccc32)ccc1F. The molecule has 3 aromatic rings. The van der Waals surface area contributed by atoms with E-state index in [2.05, 4.69) is 36.2 Å². The molecule has 0 atom stereocenters. The highest BCUT2D eigenvalue weighted by Gasteiger charge is 2.13. The standard InChI is InChI=1S/C26H25FN2O/c1-19-17-20(11-13-23(19)27)18-30-26-10-6-3-7-21(26)12-14-24-22-8-4-5-9-25(22)29(2)16-15-28-24/h3-14,17H,15-16,18H2,1-2H3/b14-12+. The third-order valence-corrected chi connectivity index (χ3v) is 5.27. The second kappa shape index (κ2) is 8.95. The summed E-state index contributed by atoms with van der Waals surface area (Å²) >= 11 is 0. The van der Waals surface area contributed by atoms with Gasteiger partial charge >= 0.3 is 0 Å². The Hall–Kier alpha value is -3.40. The van der Waals surface area contributed by atoms with E-state index in [-0.39, 0.29) is 5.82 Å². The molecule has 0 aliphatic carbocycles. The van der Waals surface area contributed by atoms with Crippen LogP contribution in [0.15, 0.2) is 77.8 Å². The third-order valence-electron chi connectivity index (χ3n) is 5.27. The fourth-order valence-corrected chi connectivity index (χ4v) is 3.57. The van der Waals surface area contributed by atoms with Crippen molar-refractivity contribution in [1.29, 1.82) is 0 Å². The van der Waals surface area contributed by atoms with Crippen LogP contribution in [0.3, 0.4) is 0 Å². The molecule has 0 saturated carbocycles. The fourth-order valence-electron chi connectivity index (χ4n) is 3.57. The molecule has 152 valence electrons. The summed E-state index contributed by atoms with van der Waals surface area (Å²) in [5.74, 6) is 0.590. The molecule has 1 aliphatic rings. The van der Waals surface area contributed by atoms with Crippen LogP contribution in [0.1, 0.15) is 22.3 Å². The molecule has 0 radical (unpaired) electrons. The number of aryl methyl sites for hydroxylation is 1. The Labute approximate surface area is 177 Å². The summed E-state index contributed by atoms with van der Waals surface area (Å²) in [5.41, 5.74) is 5.84. The number of halogens is 1. The zero-order chi connectivity index (χ0) is 20.9. The predicted molar refractivity (Wildman–Crippen MR) is 122 cm³/mol. The molecule has 4 rings (SSSR count). The number of fused-ring (bicyclic) bond motifs is 1. The lowest BCUT2D eigenvalue weighted by molar-refractivity contribution is 0.305. The van der Waals surface area contributed by atoms with E-state index in [1.165, 1.54) is 11.8 Å².